The van der Waals surface area contributed by atoms with E-state index < -0.39 is 0 Å². The fraction of sp³-hybridized carbons (Fsp3) is 0.304. The normalized spacial score (nSPS) is 18.4. The number of piperidine rings is 1. The van der Waals surface area contributed by atoms with Gasteiger partial charge in [0.1, 0.15) is 5.58 Å². The number of carbonyl (C=O) groups excluding carboxylic acids is 2. The summed E-state index contributed by atoms with van der Waals surface area (Å²) in [5.74, 6) is 0.469. The van der Waals surface area contributed by atoms with Crippen molar-refractivity contribution in [3.8, 4) is 0 Å². The fourth-order valence-corrected chi connectivity index (χ4v) is 3.62. The predicted octanol–water partition coefficient (Wildman–Crippen LogP) is 3.76. The molecule has 1 aromatic heterocycles. The molecule has 158 valence electrons. The second-order valence-corrected chi connectivity index (χ2v) is 7.62. The molecule has 0 saturated carbocycles. The number of halogens is 1. The molecule has 0 bridgehead atoms. The summed E-state index contributed by atoms with van der Waals surface area (Å²) in [5.41, 5.74) is 2.24. The Bertz CT molecular complexity index is 983. The number of rotatable bonds is 5. The van der Waals surface area contributed by atoms with Gasteiger partial charge in [-0.2, -0.15) is 0 Å². The topological polar surface area (TPSA) is 83.4 Å². The molecular weight excluding hydrogens is 402 g/mol. The lowest BCUT2D eigenvalue weighted by Gasteiger charge is -2.30. The third-order valence-corrected chi connectivity index (χ3v) is 5.40. The van der Waals surface area contributed by atoms with Gasteiger partial charge in [0.15, 0.2) is 5.76 Å². The molecule has 4 rings (SSSR count). The van der Waals surface area contributed by atoms with E-state index in [-0.39, 0.29) is 36.0 Å². The van der Waals surface area contributed by atoms with Crippen LogP contribution in [-0.4, -0.2) is 30.9 Å². The third-order valence-electron chi connectivity index (χ3n) is 5.40. The Kier molecular flexibility index (Phi) is 7.13. The quantitative estimate of drug-likeness (QED) is 0.578. The molecule has 2 amide bonds. The molecule has 3 N–H and O–H groups in total. The van der Waals surface area contributed by atoms with Crippen molar-refractivity contribution < 1.29 is 14.0 Å². The molecular formula is C23H26ClN3O3. The van der Waals surface area contributed by atoms with Crippen molar-refractivity contribution in [3.05, 3.63) is 65.9 Å². The van der Waals surface area contributed by atoms with E-state index >= 15 is 0 Å². The van der Waals surface area contributed by atoms with Crippen molar-refractivity contribution in [2.75, 3.05) is 18.4 Å². The predicted molar refractivity (Wildman–Crippen MR) is 120 cm³/mol. The molecule has 2 unspecified atom stereocenters. The Morgan fingerprint density at radius 3 is 2.63 bits per heavy atom. The van der Waals surface area contributed by atoms with E-state index in [0.717, 1.165) is 30.5 Å². The molecule has 30 heavy (non-hydrogen) atoms. The zero-order valence-corrected chi connectivity index (χ0v) is 17.6. The summed E-state index contributed by atoms with van der Waals surface area (Å²) in [6.07, 6.45) is 1.39. The van der Waals surface area contributed by atoms with Crippen molar-refractivity contribution in [1.29, 1.82) is 0 Å². The first-order valence-corrected chi connectivity index (χ1v) is 9.97. The van der Waals surface area contributed by atoms with Gasteiger partial charge in [0.25, 0.3) is 5.91 Å². The summed E-state index contributed by atoms with van der Waals surface area (Å²) >= 11 is 0. The highest BCUT2D eigenvalue weighted by atomic mass is 35.5. The van der Waals surface area contributed by atoms with Crippen molar-refractivity contribution >= 4 is 40.9 Å². The second-order valence-electron chi connectivity index (χ2n) is 7.62. The van der Waals surface area contributed by atoms with E-state index in [1.165, 1.54) is 0 Å². The first-order valence-electron chi connectivity index (χ1n) is 9.97. The maximum absolute atomic E-state index is 12.4. The zero-order valence-electron chi connectivity index (χ0n) is 16.8. The Hall–Kier alpha value is -2.83. The number of para-hydroxylation sites is 1. The number of furan rings is 1. The van der Waals surface area contributed by atoms with Crippen LogP contribution in [0.15, 0.2) is 59.0 Å². The van der Waals surface area contributed by atoms with E-state index in [2.05, 4.69) is 22.9 Å². The molecule has 2 heterocycles. The number of hydrogen-bond donors (Lipinski definition) is 3. The van der Waals surface area contributed by atoms with Gasteiger partial charge in [-0.05, 0) is 48.7 Å². The van der Waals surface area contributed by atoms with Crippen LogP contribution in [-0.2, 0) is 11.2 Å². The smallest absolute Gasteiger partial charge is 0.291 e. The molecule has 2 atom stereocenters. The van der Waals surface area contributed by atoms with Crippen LogP contribution in [0.1, 0.15) is 29.5 Å². The monoisotopic (exact) mass is 427 g/mol. The van der Waals surface area contributed by atoms with Crippen LogP contribution in [0, 0.1) is 5.92 Å². The molecule has 3 aromatic rings. The highest BCUT2D eigenvalue weighted by Gasteiger charge is 2.22. The number of hydrogen-bond acceptors (Lipinski definition) is 4. The third kappa shape index (κ3) is 5.20. The largest absolute Gasteiger partial charge is 0.451 e. The Morgan fingerprint density at radius 2 is 1.90 bits per heavy atom. The van der Waals surface area contributed by atoms with Gasteiger partial charge in [0, 0.05) is 23.7 Å². The summed E-state index contributed by atoms with van der Waals surface area (Å²) in [6, 6.07) is 16.7. The summed E-state index contributed by atoms with van der Waals surface area (Å²) in [7, 11) is 0. The van der Waals surface area contributed by atoms with Crippen LogP contribution in [0.2, 0.25) is 0 Å². The molecule has 1 fully saturated rings. The van der Waals surface area contributed by atoms with Crippen LogP contribution in [0.4, 0.5) is 5.69 Å². The SMILES string of the molecule is CC1CCNCC1NC(=O)Cc1ccc(NC(=O)c2cc3ccccc3o2)cc1.Cl. The van der Waals surface area contributed by atoms with Gasteiger partial charge in [0.05, 0.1) is 6.42 Å². The lowest BCUT2D eigenvalue weighted by atomic mass is 9.94. The average Bonchev–Trinajstić information content (AvgIpc) is 3.16. The minimum atomic E-state index is -0.300. The molecule has 2 aromatic carbocycles. The van der Waals surface area contributed by atoms with E-state index in [4.69, 9.17) is 4.42 Å². The molecule has 6 nitrogen and oxygen atoms in total. The van der Waals surface area contributed by atoms with Crippen molar-refractivity contribution in [3.63, 3.8) is 0 Å². The minimum absolute atomic E-state index is 0. The summed E-state index contributed by atoms with van der Waals surface area (Å²) in [6.45, 7) is 4.00. The second kappa shape index (κ2) is 9.78. The molecule has 7 heteroatoms. The zero-order chi connectivity index (χ0) is 20.2. The van der Waals surface area contributed by atoms with Crippen LogP contribution >= 0.6 is 12.4 Å². The standard InChI is InChI=1S/C23H25N3O3.ClH/c1-15-10-11-24-14-19(15)26-22(27)12-16-6-8-18(9-7-16)25-23(28)21-13-17-4-2-3-5-20(17)29-21;/h2-9,13,15,19,24H,10-12,14H2,1H3,(H,25,28)(H,26,27);1H. The average molecular weight is 428 g/mol. The van der Waals surface area contributed by atoms with E-state index in [1.807, 2.05) is 36.4 Å². The van der Waals surface area contributed by atoms with Crippen molar-refractivity contribution in [2.24, 2.45) is 5.92 Å². The van der Waals surface area contributed by atoms with Crippen LogP contribution in [0.3, 0.4) is 0 Å². The molecule has 1 saturated heterocycles. The molecule has 0 aliphatic carbocycles. The number of nitrogens with one attached hydrogen (secondary N) is 3. The number of benzene rings is 2. The van der Waals surface area contributed by atoms with Crippen molar-refractivity contribution in [2.45, 2.75) is 25.8 Å². The maximum atomic E-state index is 12.4. The minimum Gasteiger partial charge on any atom is -0.451 e. The molecule has 0 radical (unpaired) electrons. The van der Waals surface area contributed by atoms with Crippen LogP contribution < -0.4 is 16.0 Å². The van der Waals surface area contributed by atoms with Gasteiger partial charge in [-0.3, -0.25) is 9.59 Å². The lowest BCUT2D eigenvalue weighted by Crippen LogP contribution is -2.50. The first-order chi connectivity index (χ1) is 14.1. The number of carbonyl (C=O) groups is 2. The summed E-state index contributed by atoms with van der Waals surface area (Å²) in [5, 5.41) is 10.2. The number of amides is 2. The molecule has 1 aliphatic rings. The van der Waals surface area contributed by atoms with Gasteiger partial charge in [-0.25, -0.2) is 0 Å². The number of anilines is 1. The molecule has 1 aliphatic heterocycles. The Balaban J connectivity index is 0.00000256. The highest BCUT2D eigenvalue weighted by Crippen LogP contribution is 2.20. The first kappa shape index (κ1) is 21.9. The highest BCUT2D eigenvalue weighted by molar-refractivity contribution is 6.04. The van der Waals surface area contributed by atoms with Gasteiger partial charge >= 0.3 is 0 Å². The molecule has 0 spiro atoms. The van der Waals surface area contributed by atoms with Crippen LogP contribution in [0.25, 0.3) is 11.0 Å². The lowest BCUT2D eigenvalue weighted by molar-refractivity contribution is -0.121. The Labute approximate surface area is 181 Å². The van der Waals surface area contributed by atoms with E-state index in [0.29, 0.717) is 23.6 Å². The van der Waals surface area contributed by atoms with Gasteiger partial charge in [-0.1, -0.05) is 37.3 Å². The summed E-state index contributed by atoms with van der Waals surface area (Å²) < 4.78 is 5.59. The van der Waals surface area contributed by atoms with E-state index in [9.17, 15) is 9.59 Å². The fourth-order valence-electron chi connectivity index (χ4n) is 3.62. The Morgan fingerprint density at radius 1 is 1.13 bits per heavy atom. The van der Waals surface area contributed by atoms with Gasteiger partial charge in [-0.15, -0.1) is 12.4 Å². The van der Waals surface area contributed by atoms with Gasteiger partial charge < -0.3 is 20.4 Å². The van der Waals surface area contributed by atoms with E-state index in [1.54, 1.807) is 18.2 Å². The van der Waals surface area contributed by atoms with Gasteiger partial charge in [0.2, 0.25) is 5.91 Å². The van der Waals surface area contributed by atoms with Crippen LogP contribution in [0.5, 0.6) is 0 Å². The maximum Gasteiger partial charge on any atom is 0.291 e. The van der Waals surface area contributed by atoms with Crippen molar-refractivity contribution in [1.82, 2.24) is 10.6 Å². The number of fused-ring (bicyclic) bond motifs is 1. The summed E-state index contributed by atoms with van der Waals surface area (Å²) in [4.78, 5) is 24.8.